The van der Waals surface area contributed by atoms with E-state index in [0.29, 0.717) is 27.8 Å². The van der Waals surface area contributed by atoms with Crippen LogP contribution in [0.15, 0.2) is 72.8 Å². The molecule has 0 aliphatic heterocycles. The van der Waals surface area contributed by atoms with Crippen molar-refractivity contribution in [2.24, 2.45) is 0 Å². The number of halogens is 2. The summed E-state index contributed by atoms with van der Waals surface area (Å²) in [6, 6.07) is 22.2. The first kappa shape index (κ1) is 23.0. The number of nitrogens with zero attached hydrogens (tertiary/aromatic N) is 1. The molecule has 2 amide bonds. The number of carbonyl (C=O) groups is 2. The third kappa shape index (κ3) is 5.42. The van der Waals surface area contributed by atoms with Gasteiger partial charge in [0.1, 0.15) is 0 Å². The van der Waals surface area contributed by atoms with E-state index in [4.69, 9.17) is 11.6 Å². The number of rotatable bonds is 7. The molecule has 4 nitrogen and oxygen atoms in total. The Morgan fingerprint density at radius 1 is 1.03 bits per heavy atom. The fraction of sp³-hybridized carbons (Fsp3) is 0.259. The number of carbonyl (C=O) groups excluding carboxylic acids is 2. The molecule has 0 radical (unpaired) electrons. The standard InChI is InChI=1S/C27H26ClFN2O2/c1-17(2)30-26(32)20-7-5-6-18(14-20)16-31(27(29)33)25-9-4-3-8-22(25)24-15-23(24)19-10-12-21(28)13-11-19/h3-14,17,23-24H,15-16H2,1-2H3,(H,30,32)/t23-,24+/m1/s1. The Kier molecular flexibility index (Phi) is 6.80. The molecule has 0 heterocycles. The Labute approximate surface area is 198 Å². The molecule has 1 saturated carbocycles. The van der Waals surface area contributed by atoms with Crippen molar-refractivity contribution in [3.8, 4) is 0 Å². The molecule has 1 aliphatic carbocycles. The number of nitrogens with one attached hydrogen (secondary N) is 1. The van der Waals surface area contributed by atoms with Crippen molar-refractivity contribution < 1.29 is 14.0 Å². The molecule has 0 bridgehead atoms. The van der Waals surface area contributed by atoms with Crippen LogP contribution >= 0.6 is 11.6 Å². The minimum atomic E-state index is -1.52. The van der Waals surface area contributed by atoms with Crippen molar-refractivity contribution in [2.45, 2.75) is 44.7 Å². The topological polar surface area (TPSA) is 49.4 Å². The quantitative estimate of drug-likeness (QED) is 0.307. The van der Waals surface area contributed by atoms with Gasteiger partial charge in [-0.05, 0) is 79.1 Å². The first-order chi connectivity index (χ1) is 15.8. The van der Waals surface area contributed by atoms with Gasteiger partial charge in [0.25, 0.3) is 5.91 Å². The molecule has 6 heteroatoms. The normalized spacial score (nSPS) is 17.0. The van der Waals surface area contributed by atoms with Gasteiger partial charge in [-0.15, -0.1) is 4.39 Å². The van der Waals surface area contributed by atoms with E-state index >= 15 is 0 Å². The van der Waals surface area contributed by atoms with Gasteiger partial charge in [-0.2, -0.15) is 0 Å². The van der Waals surface area contributed by atoms with E-state index in [9.17, 15) is 14.0 Å². The Morgan fingerprint density at radius 2 is 1.76 bits per heavy atom. The fourth-order valence-corrected chi connectivity index (χ4v) is 4.37. The van der Waals surface area contributed by atoms with Crippen LogP contribution in [0.4, 0.5) is 14.9 Å². The first-order valence-corrected chi connectivity index (χ1v) is 11.4. The predicted octanol–water partition coefficient (Wildman–Crippen LogP) is 6.85. The maximum atomic E-state index is 14.3. The summed E-state index contributed by atoms with van der Waals surface area (Å²) < 4.78 is 14.3. The summed E-state index contributed by atoms with van der Waals surface area (Å²) >= 11 is 6.01. The van der Waals surface area contributed by atoms with E-state index in [1.54, 1.807) is 36.4 Å². The molecule has 1 fully saturated rings. The summed E-state index contributed by atoms with van der Waals surface area (Å²) in [7, 11) is 0. The Hall–Kier alpha value is -3.18. The minimum Gasteiger partial charge on any atom is -0.350 e. The maximum Gasteiger partial charge on any atom is 0.404 e. The van der Waals surface area contributed by atoms with Gasteiger partial charge in [-0.3, -0.25) is 9.69 Å². The van der Waals surface area contributed by atoms with Crippen LogP contribution in [-0.4, -0.2) is 18.1 Å². The molecule has 0 aromatic heterocycles. The van der Waals surface area contributed by atoms with Gasteiger partial charge < -0.3 is 5.32 Å². The highest BCUT2D eigenvalue weighted by molar-refractivity contribution is 6.30. The highest BCUT2D eigenvalue weighted by Crippen LogP contribution is 2.56. The monoisotopic (exact) mass is 464 g/mol. The largest absolute Gasteiger partial charge is 0.404 e. The predicted molar refractivity (Wildman–Crippen MR) is 130 cm³/mol. The second kappa shape index (κ2) is 9.75. The molecule has 2 atom stereocenters. The van der Waals surface area contributed by atoms with Gasteiger partial charge in [0.05, 0.1) is 12.2 Å². The van der Waals surface area contributed by atoms with Gasteiger partial charge in [0.2, 0.25) is 0 Å². The van der Waals surface area contributed by atoms with Crippen LogP contribution in [0.1, 0.15) is 59.2 Å². The third-order valence-electron chi connectivity index (χ3n) is 5.88. The minimum absolute atomic E-state index is 0.00378. The highest BCUT2D eigenvalue weighted by Gasteiger charge is 2.41. The van der Waals surface area contributed by atoms with Crippen molar-refractivity contribution in [3.05, 3.63) is 100 Å². The Bertz CT molecular complexity index is 1160. The molecular formula is C27H26ClFN2O2. The number of anilines is 1. The second-order valence-electron chi connectivity index (χ2n) is 8.73. The van der Waals surface area contributed by atoms with Crippen molar-refractivity contribution in [3.63, 3.8) is 0 Å². The van der Waals surface area contributed by atoms with Crippen molar-refractivity contribution in [1.82, 2.24) is 5.32 Å². The lowest BCUT2D eigenvalue weighted by atomic mass is 10.0. The van der Waals surface area contributed by atoms with E-state index in [-0.39, 0.29) is 24.4 Å². The summed E-state index contributed by atoms with van der Waals surface area (Å²) in [4.78, 5) is 25.6. The van der Waals surface area contributed by atoms with Crippen LogP contribution in [0, 0.1) is 0 Å². The van der Waals surface area contributed by atoms with Crippen LogP contribution in [0.5, 0.6) is 0 Å². The van der Waals surface area contributed by atoms with Crippen molar-refractivity contribution in [2.75, 3.05) is 4.90 Å². The van der Waals surface area contributed by atoms with Crippen molar-refractivity contribution >= 4 is 29.4 Å². The molecule has 3 aromatic rings. The summed E-state index contributed by atoms with van der Waals surface area (Å²) in [6.45, 7) is 3.81. The Balaban J connectivity index is 1.58. The summed E-state index contributed by atoms with van der Waals surface area (Å²) in [5.41, 5.74) is 3.84. The van der Waals surface area contributed by atoms with Gasteiger partial charge in [0.15, 0.2) is 0 Å². The van der Waals surface area contributed by atoms with Gasteiger partial charge in [0, 0.05) is 16.6 Å². The zero-order valence-electron chi connectivity index (χ0n) is 18.6. The number of benzene rings is 3. The lowest BCUT2D eigenvalue weighted by Crippen LogP contribution is -2.30. The van der Waals surface area contributed by atoms with Crippen LogP contribution in [0.2, 0.25) is 5.02 Å². The van der Waals surface area contributed by atoms with Gasteiger partial charge in [-0.25, -0.2) is 4.79 Å². The van der Waals surface area contributed by atoms with E-state index in [2.05, 4.69) is 5.32 Å². The van der Waals surface area contributed by atoms with Crippen LogP contribution < -0.4 is 10.2 Å². The molecule has 0 saturated heterocycles. The highest BCUT2D eigenvalue weighted by atomic mass is 35.5. The van der Waals surface area contributed by atoms with Crippen LogP contribution in [0.3, 0.4) is 0 Å². The molecular weight excluding hydrogens is 439 g/mol. The number of hydrogen-bond acceptors (Lipinski definition) is 2. The van der Waals surface area contributed by atoms with E-state index in [1.807, 2.05) is 50.2 Å². The number of hydrogen-bond donors (Lipinski definition) is 1. The molecule has 1 aliphatic rings. The first-order valence-electron chi connectivity index (χ1n) is 11.0. The molecule has 170 valence electrons. The van der Waals surface area contributed by atoms with E-state index < -0.39 is 6.16 Å². The Morgan fingerprint density at radius 3 is 2.45 bits per heavy atom. The van der Waals surface area contributed by atoms with Gasteiger partial charge in [-0.1, -0.05) is 54.1 Å². The molecule has 4 rings (SSSR count). The molecule has 0 spiro atoms. The fourth-order valence-electron chi connectivity index (χ4n) is 4.25. The number of para-hydroxylation sites is 1. The smallest absolute Gasteiger partial charge is 0.350 e. The van der Waals surface area contributed by atoms with Crippen LogP contribution in [-0.2, 0) is 6.54 Å². The molecule has 33 heavy (non-hydrogen) atoms. The lowest BCUT2D eigenvalue weighted by molar-refractivity contribution is 0.0943. The lowest BCUT2D eigenvalue weighted by Gasteiger charge is -2.22. The number of amides is 2. The molecule has 1 N–H and O–H groups in total. The second-order valence-corrected chi connectivity index (χ2v) is 9.16. The molecule has 0 unspecified atom stereocenters. The summed E-state index contributed by atoms with van der Waals surface area (Å²) in [6.07, 6.45) is -0.596. The van der Waals surface area contributed by atoms with Crippen LogP contribution in [0.25, 0.3) is 0 Å². The maximum absolute atomic E-state index is 14.3. The average Bonchev–Trinajstić information content (AvgIpc) is 3.58. The zero-order chi connectivity index (χ0) is 23.5. The summed E-state index contributed by atoms with van der Waals surface area (Å²) in [5.74, 6) is 0.310. The SMILES string of the molecule is CC(C)NC(=O)c1cccc(CN(C(=O)F)c2ccccc2[C@@H]2C[C@@H]2c2ccc(Cl)cc2)c1. The third-order valence-corrected chi connectivity index (χ3v) is 6.13. The zero-order valence-corrected chi connectivity index (χ0v) is 19.4. The van der Waals surface area contributed by atoms with Gasteiger partial charge >= 0.3 is 6.16 Å². The van der Waals surface area contributed by atoms with E-state index in [0.717, 1.165) is 16.9 Å². The van der Waals surface area contributed by atoms with Crippen molar-refractivity contribution in [1.29, 1.82) is 0 Å². The van der Waals surface area contributed by atoms with E-state index in [1.165, 1.54) is 5.56 Å². The average molecular weight is 465 g/mol. The molecule has 3 aromatic carbocycles. The summed E-state index contributed by atoms with van der Waals surface area (Å²) in [5, 5.41) is 3.54.